The van der Waals surface area contributed by atoms with E-state index < -0.39 is 12.0 Å². The van der Waals surface area contributed by atoms with Crippen LogP contribution in [0.15, 0.2) is 17.1 Å². The molecule has 0 aromatic carbocycles. The predicted octanol–water partition coefficient (Wildman–Crippen LogP) is -2.00. The molecular weight excluding hydrogens is 311 g/mol. The van der Waals surface area contributed by atoms with Crippen molar-refractivity contribution in [1.82, 2.24) is 4.90 Å². The summed E-state index contributed by atoms with van der Waals surface area (Å²) < 4.78 is 0. The molecule has 0 aromatic rings. The zero-order valence-corrected chi connectivity index (χ0v) is 17.1. The second kappa shape index (κ2) is 16.1. The van der Waals surface area contributed by atoms with Gasteiger partial charge in [0, 0.05) is 13.2 Å². The van der Waals surface area contributed by atoms with Gasteiger partial charge in [0.2, 0.25) is 0 Å². The molecule has 0 aliphatic carbocycles. The summed E-state index contributed by atoms with van der Waals surface area (Å²) in [6.45, 7) is 4.06. The molecule has 0 heterocycles. The third-order valence-corrected chi connectivity index (χ3v) is 3.10. The van der Waals surface area contributed by atoms with E-state index in [0.717, 1.165) is 19.3 Å². The molecule has 0 spiro atoms. The third kappa shape index (κ3) is 12.7. The number of carbonyl (C=O) groups is 1. The molecule has 122 valence electrons. The first kappa shape index (κ1) is 24.5. The molecule has 0 aliphatic rings. The number of hydrogen-bond acceptors (Lipinski definition) is 5. The molecule has 0 radical (unpaired) electrons. The Balaban J connectivity index is 0. The first-order chi connectivity index (χ1) is 10.0. The van der Waals surface area contributed by atoms with Gasteiger partial charge in [-0.1, -0.05) is 19.1 Å². The number of aliphatic carboxylic acids is 1. The number of aliphatic imine (C=N–C) groups is 1. The second-order valence-electron chi connectivity index (χ2n) is 4.87. The Hall–Kier alpha value is 0.236. The van der Waals surface area contributed by atoms with E-state index in [9.17, 15) is 9.90 Å². The fourth-order valence-corrected chi connectivity index (χ4v) is 1.72. The van der Waals surface area contributed by atoms with Gasteiger partial charge in [0.05, 0.1) is 6.67 Å². The number of aliphatic hydroxyl groups is 1. The Morgan fingerprint density at radius 1 is 1.36 bits per heavy atom. The van der Waals surface area contributed by atoms with Gasteiger partial charge in [0.25, 0.3) is 0 Å². The monoisotopic (exact) mass is 338 g/mol. The van der Waals surface area contributed by atoms with Gasteiger partial charge in [0.15, 0.2) is 0 Å². The van der Waals surface area contributed by atoms with Gasteiger partial charge < -0.3 is 15.3 Å². The van der Waals surface area contributed by atoms with E-state index in [0.29, 0.717) is 19.4 Å². The Morgan fingerprint density at radius 2 is 2.05 bits per heavy atom. The van der Waals surface area contributed by atoms with Crippen LogP contribution < -0.4 is 56.5 Å². The summed E-state index contributed by atoms with van der Waals surface area (Å²) >= 11 is 0. The molecule has 0 bridgehead atoms. The van der Waals surface area contributed by atoms with Crippen molar-refractivity contribution in [3.05, 3.63) is 12.2 Å². The molecule has 2 N–H and O–H groups in total. The van der Waals surface area contributed by atoms with Crippen molar-refractivity contribution in [3.8, 4) is 0 Å². The number of unbranched alkanes of at least 4 members (excludes halogenated alkanes) is 1. The minimum atomic E-state index is -0.958. The van der Waals surface area contributed by atoms with Crippen LogP contribution in [0.2, 0.25) is 0 Å². The van der Waals surface area contributed by atoms with Crippen molar-refractivity contribution in [2.24, 2.45) is 4.99 Å². The Labute approximate surface area is 175 Å². The number of nitrogens with zero attached hydrogens (tertiary/aromatic N) is 2. The van der Waals surface area contributed by atoms with Crippen LogP contribution in [0.4, 0.5) is 0 Å². The molecule has 0 amide bonds. The Kier molecular flexibility index (Phi) is 17.9. The van der Waals surface area contributed by atoms with Crippen LogP contribution in [0.5, 0.6) is 0 Å². The minimum absolute atomic E-state index is 0. The fourth-order valence-electron chi connectivity index (χ4n) is 1.72. The molecule has 0 saturated heterocycles. The zero-order chi connectivity index (χ0) is 16.1. The van der Waals surface area contributed by atoms with Crippen molar-refractivity contribution in [2.75, 3.05) is 19.8 Å². The van der Waals surface area contributed by atoms with Gasteiger partial charge in [-0.3, -0.25) is 14.7 Å². The molecule has 0 saturated carbocycles. The number of allylic oxidation sites excluding steroid dienone is 2. The van der Waals surface area contributed by atoms with Crippen molar-refractivity contribution >= 4 is 11.9 Å². The Morgan fingerprint density at radius 3 is 2.59 bits per heavy atom. The van der Waals surface area contributed by atoms with Gasteiger partial charge in [-0.2, -0.15) is 0 Å². The number of aliphatic hydroxyl groups excluding tert-OH is 1. The third-order valence-electron chi connectivity index (χ3n) is 3.10. The second-order valence-corrected chi connectivity index (χ2v) is 4.87. The fraction of sp³-hybridized carbons (Fsp3) is 0.733. The molecule has 1 atom stereocenters. The van der Waals surface area contributed by atoms with Crippen molar-refractivity contribution in [1.29, 1.82) is 0 Å². The molecule has 1 unspecified atom stereocenters. The van der Waals surface area contributed by atoms with E-state index in [4.69, 9.17) is 10.2 Å². The number of rotatable bonds is 12. The standard InChI is InChI=1S/C15H28N2O4.K/c1-3-4-5-6-7-9-14(19)16-12-17(10-8-11-18)13(2)15(20)21;/h4-5,13,18H,3,6-12H2,1-2H3,(H,16,19)(H,20,21);/q;+1/p-1/b5-4+;. The van der Waals surface area contributed by atoms with Crippen LogP contribution >= 0.6 is 0 Å². The van der Waals surface area contributed by atoms with Crippen LogP contribution in [0, 0.1) is 0 Å². The minimum Gasteiger partial charge on any atom is -0.862 e. The molecule has 0 aliphatic heterocycles. The summed E-state index contributed by atoms with van der Waals surface area (Å²) in [5.74, 6) is -1.16. The Bertz CT molecular complexity index is 348. The summed E-state index contributed by atoms with van der Waals surface area (Å²) in [7, 11) is 0. The van der Waals surface area contributed by atoms with E-state index in [1.165, 1.54) is 0 Å². The molecule has 7 heteroatoms. The summed E-state index contributed by atoms with van der Waals surface area (Å²) in [5, 5.41) is 29.5. The summed E-state index contributed by atoms with van der Waals surface area (Å²) in [4.78, 5) is 16.5. The molecule has 22 heavy (non-hydrogen) atoms. The van der Waals surface area contributed by atoms with Gasteiger partial charge >= 0.3 is 57.4 Å². The molecule has 0 aromatic heterocycles. The van der Waals surface area contributed by atoms with Crippen LogP contribution in [0.3, 0.4) is 0 Å². The number of hydrogen-bond donors (Lipinski definition) is 2. The summed E-state index contributed by atoms with van der Waals surface area (Å²) in [6.07, 6.45) is 7.55. The largest absolute Gasteiger partial charge is 1.00 e. The van der Waals surface area contributed by atoms with E-state index in [2.05, 4.69) is 18.0 Å². The first-order valence-corrected chi connectivity index (χ1v) is 7.46. The zero-order valence-electron chi connectivity index (χ0n) is 14.0. The average molecular weight is 338 g/mol. The van der Waals surface area contributed by atoms with Gasteiger partial charge in [-0.25, -0.2) is 0 Å². The van der Waals surface area contributed by atoms with Crippen LogP contribution in [-0.2, 0) is 4.79 Å². The number of carboxylic acid groups (broad SMARTS) is 1. The van der Waals surface area contributed by atoms with Crippen molar-refractivity contribution in [2.45, 2.75) is 52.0 Å². The van der Waals surface area contributed by atoms with Crippen molar-refractivity contribution < 1.29 is 71.5 Å². The van der Waals surface area contributed by atoms with Crippen LogP contribution in [-0.4, -0.2) is 52.8 Å². The van der Waals surface area contributed by atoms with Crippen molar-refractivity contribution in [3.63, 3.8) is 0 Å². The molecule has 0 fully saturated rings. The molecule has 0 rings (SSSR count). The van der Waals surface area contributed by atoms with E-state index in [1.807, 2.05) is 6.08 Å². The first-order valence-electron chi connectivity index (χ1n) is 7.46. The van der Waals surface area contributed by atoms with Gasteiger partial charge in [-0.05, 0) is 44.9 Å². The van der Waals surface area contributed by atoms with E-state index >= 15 is 0 Å². The predicted molar refractivity (Wildman–Crippen MR) is 81.1 cm³/mol. The molecule has 6 nitrogen and oxygen atoms in total. The normalized spacial score (nSPS) is 13.4. The van der Waals surface area contributed by atoms with Crippen LogP contribution in [0.1, 0.15) is 46.0 Å². The topological polar surface area (TPSA) is 96.2 Å². The number of carboxylic acids is 1. The van der Waals surface area contributed by atoms with Crippen LogP contribution in [0.25, 0.3) is 0 Å². The molecular formula is C15H27KN2O4. The summed E-state index contributed by atoms with van der Waals surface area (Å²) in [6, 6.07) is -0.722. The van der Waals surface area contributed by atoms with Gasteiger partial charge in [-0.15, -0.1) is 0 Å². The maximum atomic E-state index is 11.6. The smallest absolute Gasteiger partial charge is 0.862 e. The maximum absolute atomic E-state index is 11.6. The average Bonchev–Trinajstić information content (AvgIpc) is 2.46. The quantitative estimate of drug-likeness (QED) is 0.141. The van der Waals surface area contributed by atoms with Gasteiger partial charge in [0.1, 0.15) is 6.04 Å². The SMILES string of the molecule is CC/C=C/CCCC([O-])=NCN(CCCO)C(C)C(=O)O.[K+]. The maximum Gasteiger partial charge on any atom is 1.00 e. The van der Waals surface area contributed by atoms with E-state index in [1.54, 1.807) is 11.8 Å². The van der Waals surface area contributed by atoms with E-state index in [-0.39, 0.29) is 70.6 Å². The summed E-state index contributed by atoms with van der Waals surface area (Å²) in [5.41, 5.74) is 0.